The molecule has 14 heavy (non-hydrogen) atoms. The fraction of sp³-hybridized carbons (Fsp3) is 0.455. The Labute approximate surface area is 98.0 Å². The van der Waals surface area contributed by atoms with E-state index in [-0.39, 0.29) is 6.04 Å². The van der Waals surface area contributed by atoms with Gasteiger partial charge in [0.1, 0.15) is 5.75 Å². The van der Waals surface area contributed by atoms with Crippen LogP contribution in [-0.2, 0) is 6.42 Å². The van der Waals surface area contributed by atoms with Crippen LogP contribution in [0.4, 0.5) is 0 Å². The summed E-state index contributed by atoms with van der Waals surface area (Å²) in [6, 6.07) is 4.28. The lowest BCUT2D eigenvalue weighted by Gasteiger charge is -2.25. The van der Waals surface area contributed by atoms with E-state index in [1.807, 2.05) is 6.07 Å². The van der Waals surface area contributed by atoms with Crippen molar-refractivity contribution in [1.82, 2.24) is 0 Å². The first kappa shape index (κ1) is 10.2. The van der Waals surface area contributed by atoms with Gasteiger partial charge in [0.2, 0.25) is 0 Å². The Morgan fingerprint density at radius 2 is 2.29 bits per heavy atom. The largest absolute Gasteiger partial charge is 0.496 e. The number of benzene rings is 1. The van der Waals surface area contributed by atoms with Gasteiger partial charge in [-0.1, -0.05) is 0 Å². The number of fused-ring (bicyclic) bond motifs is 1. The van der Waals surface area contributed by atoms with Gasteiger partial charge in [0, 0.05) is 15.2 Å². The fourth-order valence-electron chi connectivity index (χ4n) is 2.10. The minimum Gasteiger partial charge on any atom is -0.496 e. The van der Waals surface area contributed by atoms with E-state index in [2.05, 4.69) is 28.7 Å². The van der Waals surface area contributed by atoms with Gasteiger partial charge in [-0.05, 0) is 59.5 Å². The maximum absolute atomic E-state index is 6.11. The Kier molecular flexibility index (Phi) is 2.97. The molecule has 2 rings (SSSR count). The maximum atomic E-state index is 6.11. The average molecular weight is 303 g/mol. The van der Waals surface area contributed by atoms with Gasteiger partial charge in [-0.3, -0.25) is 0 Å². The highest BCUT2D eigenvalue weighted by atomic mass is 127. The highest BCUT2D eigenvalue weighted by Gasteiger charge is 2.22. The van der Waals surface area contributed by atoms with Crippen molar-refractivity contribution in [3.8, 4) is 5.75 Å². The van der Waals surface area contributed by atoms with Crippen molar-refractivity contribution in [1.29, 1.82) is 0 Å². The zero-order chi connectivity index (χ0) is 10.1. The predicted octanol–water partition coefficient (Wildman–Crippen LogP) is 2.64. The van der Waals surface area contributed by atoms with Gasteiger partial charge in [0.25, 0.3) is 0 Å². The molecule has 0 saturated heterocycles. The van der Waals surface area contributed by atoms with E-state index in [0.717, 1.165) is 18.6 Å². The van der Waals surface area contributed by atoms with Crippen molar-refractivity contribution in [2.24, 2.45) is 5.73 Å². The Hall–Kier alpha value is -0.290. The summed E-state index contributed by atoms with van der Waals surface area (Å²) in [7, 11) is 1.71. The number of halogens is 1. The van der Waals surface area contributed by atoms with E-state index in [1.54, 1.807) is 7.11 Å². The molecule has 0 aromatic heterocycles. The number of nitrogens with two attached hydrogens (primary N) is 1. The summed E-state index contributed by atoms with van der Waals surface area (Å²) in [6.45, 7) is 0. The third kappa shape index (κ3) is 1.63. The molecular formula is C11H14INO. The fourth-order valence-corrected chi connectivity index (χ4v) is 2.84. The Morgan fingerprint density at radius 3 is 3.00 bits per heavy atom. The molecule has 0 unspecified atom stereocenters. The first-order valence-electron chi connectivity index (χ1n) is 4.85. The molecule has 1 aliphatic carbocycles. The average Bonchev–Trinajstić information content (AvgIpc) is 2.20. The van der Waals surface area contributed by atoms with Crippen LogP contribution in [0.25, 0.3) is 0 Å². The first-order chi connectivity index (χ1) is 6.74. The predicted molar refractivity (Wildman–Crippen MR) is 65.6 cm³/mol. The van der Waals surface area contributed by atoms with Crippen LogP contribution in [0.1, 0.15) is 30.0 Å². The van der Waals surface area contributed by atoms with Crippen LogP contribution < -0.4 is 10.5 Å². The number of methoxy groups -OCH3 is 1. The van der Waals surface area contributed by atoms with Crippen LogP contribution in [0.2, 0.25) is 0 Å². The van der Waals surface area contributed by atoms with Crippen LogP contribution >= 0.6 is 22.6 Å². The van der Waals surface area contributed by atoms with Crippen molar-refractivity contribution in [3.63, 3.8) is 0 Å². The van der Waals surface area contributed by atoms with Crippen molar-refractivity contribution >= 4 is 22.6 Å². The minimum absolute atomic E-state index is 0.156. The van der Waals surface area contributed by atoms with Crippen molar-refractivity contribution < 1.29 is 4.74 Å². The smallest absolute Gasteiger partial charge is 0.123 e. The zero-order valence-corrected chi connectivity index (χ0v) is 10.4. The number of rotatable bonds is 1. The molecule has 2 nitrogen and oxygen atoms in total. The molecule has 0 amide bonds. The second kappa shape index (κ2) is 4.06. The third-order valence-corrected chi connectivity index (χ3v) is 3.80. The lowest BCUT2D eigenvalue weighted by molar-refractivity contribution is 0.398. The normalized spacial score (nSPS) is 20.4. The van der Waals surface area contributed by atoms with Crippen molar-refractivity contribution in [3.05, 3.63) is 26.8 Å². The monoisotopic (exact) mass is 303 g/mol. The maximum Gasteiger partial charge on any atom is 0.123 e. The molecule has 1 aromatic carbocycles. The van der Waals surface area contributed by atoms with Gasteiger partial charge in [-0.25, -0.2) is 0 Å². The van der Waals surface area contributed by atoms with Crippen LogP contribution in [0, 0.1) is 3.57 Å². The molecule has 3 heteroatoms. The summed E-state index contributed by atoms with van der Waals surface area (Å²) in [5, 5.41) is 0. The van der Waals surface area contributed by atoms with Gasteiger partial charge >= 0.3 is 0 Å². The van der Waals surface area contributed by atoms with Crippen LogP contribution in [0.3, 0.4) is 0 Å². The number of hydrogen-bond donors (Lipinski definition) is 1. The molecule has 0 heterocycles. The van der Waals surface area contributed by atoms with Crippen LogP contribution in [0.15, 0.2) is 12.1 Å². The molecule has 1 aromatic rings. The van der Waals surface area contributed by atoms with Crippen LogP contribution in [-0.4, -0.2) is 7.11 Å². The standard InChI is InChI=1S/C11H14INO/c1-14-10-6-5-8(12)7-3-2-4-9(13)11(7)10/h5-6,9H,2-4,13H2,1H3/t9-/m1/s1. The first-order valence-corrected chi connectivity index (χ1v) is 5.92. The molecule has 1 aliphatic rings. The van der Waals surface area contributed by atoms with E-state index in [4.69, 9.17) is 10.5 Å². The summed E-state index contributed by atoms with van der Waals surface area (Å²) >= 11 is 2.38. The highest BCUT2D eigenvalue weighted by Crippen LogP contribution is 2.37. The van der Waals surface area contributed by atoms with Crippen molar-refractivity contribution in [2.45, 2.75) is 25.3 Å². The Balaban J connectivity index is 2.58. The SMILES string of the molecule is COc1ccc(I)c2c1[C@H](N)CCC2. The molecule has 0 fully saturated rings. The molecule has 0 radical (unpaired) electrons. The molecule has 0 aliphatic heterocycles. The van der Waals surface area contributed by atoms with Gasteiger partial charge in [-0.15, -0.1) is 0 Å². The molecule has 0 bridgehead atoms. The van der Waals surface area contributed by atoms with E-state index in [9.17, 15) is 0 Å². The molecule has 76 valence electrons. The van der Waals surface area contributed by atoms with E-state index in [0.29, 0.717) is 0 Å². The van der Waals surface area contributed by atoms with Gasteiger partial charge in [-0.2, -0.15) is 0 Å². The summed E-state index contributed by atoms with van der Waals surface area (Å²) < 4.78 is 6.67. The molecular weight excluding hydrogens is 289 g/mol. The van der Waals surface area contributed by atoms with Gasteiger partial charge in [0.15, 0.2) is 0 Å². The zero-order valence-electron chi connectivity index (χ0n) is 8.22. The lowest BCUT2D eigenvalue weighted by Crippen LogP contribution is -2.19. The molecule has 2 N–H and O–H groups in total. The van der Waals surface area contributed by atoms with Gasteiger partial charge in [0.05, 0.1) is 7.11 Å². The molecule has 0 spiro atoms. The summed E-state index contributed by atoms with van der Waals surface area (Å²) in [4.78, 5) is 0. The summed E-state index contributed by atoms with van der Waals surface area (Å²) in [6.07, 6.45) is 3.40. The van der Waals surface area contributed by atoms with E-state index >= 15 is 0 Å². The lowest BCUT2D eigenvalue weighted by atomic mass is 9.87. The van der Waals surface area contributed by atoms with E-state index in [1.165, 1.54) is 21.1 Å². The summed E-state index contributed by atoms with van der Waals surface area (Å²) in [5.74, 6) is 0.951. The highest BCUT2D eigenvalue weighted by molar-refractivity contribution is 14.1. The molecule has 1 atom stereocenters. The van der Waals surface area contributed by atoms with Crippen LogP contribution in [0.5, 0.6) is 5.75 Å². The van der Waals surface area contributed by atoms with Crippen molar-refractivity contribution in [2.75, 3.05) is 7.11 Å². The van der Waals surface area contributed by atoms with E-state index < -0.39 is 0 Å². The number of ether oxygens (including phenoxy) is 1. The summed E-state index contributed by atoms with van der Waals surface area (Å²) in [5.41, 5.74) is 8.73. The topological polar surface area (TPSA) is 35.2 Å². The third-order valence-electron chi connectivity index (χ3n) is 2.79. The second-order valence-corrected chi connectivity index (χ2v) is 4.80. The Bertz CT molecular complexity index is 351. The number of hydrogen-bond acceptors (Lipinski definition) is 2. The Morgan fingerprint density at radius 1 is 1.50 bits per heavy atom. The van der Waals surface area contributed by atoms with Gasteiger partial charge < -0.3 is 10.5 Å². The second-order valence-electron chi connectivity index (χ2n) is 3.64. The molecule has 0 saturated carbocycles. The minimum atomic E-state index is 0.156. The quantitative estimate of drug-likeness (QED) is 0.810.